The first kappa shape index (κ1) is 16.1. The topological polar surface area (TPSA) is 79.0 Å². The summed E-state index contributed by atoms with van der Waals surface area (Å²) in [4.78, 5) is 13.6. The molecule has 0 aliphatic rings. The summed E-state index contributed by atoms with van der Waals surface area (Å²) in [5.41, 5.74) is -2.57. The molecule has 2 rings (SSSR count). The van der Waals surface area contributed by atoms with Crippen molar-refractivity contribution in [2.45, 2.75) is 11.9 Å². The monoisotopic (exact) mass is 331 g/mol. The van der Waals surface area contributed by atoms with E-state index in [4.69, 9.17) is 0 Å². The first-order valence-electron chi connectivity index (χ1n) is 5.94. The summed E-state index contributed by atoms with van der Waals surface area (Å²) in [5.74, 6) is -0.912. The minimum atomic E-state index is -4.66. The fourth-order valence-electron chi connectivity index (χ4n) is 1.77. The van der Waals surface area contributed by atoms with Crippen LogP contribution in [-0.4, -0.2) is 13.4 Å². The number of benzene rings is 1. The Bertz CT molecular complexity index is 829. The van der Waals surface area contributed by atoms with Gasteiger partial charge in [0, 0.05) is 12.3 Å². The van der Waals surface area contributed by atoms with Crippen LogP contribution in [0.25, 0.3) is 0 Å². The second-order valence-corrected chi connectivity index (χ2v) is 6.06. The number of hydrogen-bond acceptors (Lipinski definition) is 3. The van der Waals surface area contributed by atoms with E-state index in [2.05, 4.69) is 11.1 Å². The average molecular weight is 331 g/mol. The number of halogens is 3. The molecule has 0 bridgehead atoms. The van der Waals surface area contributed by atoms with Crippen LogP contribution in [0.15, 0.2) is 41.3 Å². The number of rotatable bonds is 4. The van der Waals surface area contributed by atoms with Gasteiger partial charge < -0.3 is 4.98 Å². The van der Waals surface area contributed by atoms with E-state index < -0.39 is 38.6 Å². The minimum Gasteiger partial charge on any atom is -0.327 e. The van der Waals surface area contributed by atoms with Gasteiger partial charge in [-0.15, -0.1) is 0 Å². The summed E-state index contributed by atoms with van der Waals surface area (Å²) in [7, 11) is -4.19. The molecule has 1 heterocycles. The van der Waals surface area contributed by atoms with Crippen LogP contribution < -0.4 is 10.3 Å². The number of sulfonamides is 1. The highest BCUT2D eigenvalue weighted by molar-refractivity contribution is 7.91. The van der Waals surface area contributed by atoms with Gasteiger partial charge in [0.15, 0.2) is 0 Å². The lowest BCUT2D eigenvalue weighted by Gasteiger charge is -2.13. The number of nitrogens with one attached hydrogen (secondary N) is 2. The van der Waals surface area contributed by atoms with Crippen LogP contribution in [0.2, 0.25) is 0 Å². The van der Waals surface area contributed by atoms with Crippen molar-refractivity contribution in [3.05, 3.63) is 64.1 Å². The predicted octanol–water partition coefficient (Wildman–Crippen LogP) is 2.14. The Balaban J connectivity index is 2.31. The van der Waals surface area contributed by atoms with Crippen molar-refractivity contribution < 1.29 is 21.6 Å². The molecule has 117 valence electrons. The van der Waals surface area contributed by atoms with Crippen LogP contribution in [0.4, 0.5) is 18.9 Å². The summed E-state index contributed by atoms with van der Waals surface area (Å²) in [6.45, 7) is 0. The quantitative estimate of drug-likeness (QED) is 0.901. The second kappa shape index (κ2) is 5.84. The molecule has 22 heavy (non-hydrogen) atoms. The molecule has 2 N–H and O–H groups in total. The third-order valence-corrected chi connectivity index (χ3v) is 3.88. The Hall–Kier alpha value is -2.29. The molecule has 0 spiro atoms. The Morgan fingerprint density at radius 1 is 1.23 bits per heavy atom. The van der Waals surface area contributed by atoms with Crippen LogP contribution in [0.5, 0.6) is 0 Å². The molecule has 0 fully saturated rings. The van der Waals surface area contributed by atoms with Crippen molar-refractivity contribution in [2.75, 3.05) is 4.72 Å². The molecule has 0 saturated carbocycles. The van der Waals surface area contributed by atoms with Crippen LogP contribution in [0.1, 0.15) is 11.1 Å². The smallest absolute Gasteiger partial charge is 0.327 e. The highest BCUT2D eigenvalue weighted by Gasteiger charge is 2.34. The fourth-order valence-corrected chi connectivity index (χ4v) is 2.97. The van der Waals surface area contributed by atoms with Crippen molar-refractivity contribution in [2.24, 2.45) is 0 Å². The van der Waals surface area contributed by atoms with E-state index in [-0.39, 0.29) is 5.69 Å². The zero-order valence-corrected chi connectivity index (χ0v) is 11.8. The highest BCUT2D eigenvalue weighted by atomic mass is 32.2. The molecule has 2 aromatic rings. The lowest BCUT2D eigenvalue weighted by atomic mass is 10.1. The first-order valence-corrected chi connectivity index (χ1v) is 7.59. The molecular formula is C13H10F3N2O3S. The summed E-state index contributed by atoms with van der Waals surface area (Å²) in [6.07, 6.45) is -3.42. The maximum absolute atomic E-state index is 12.8. The maximum Gasteiger partial charge on any atom is 0.416 e. The number of aromatic nitrogens is 1. The van der Waals surface area contributed by atoms with Crippen molar-refractivity contribution in [3.8, 4) is 0 Å². The summed E-state index contributed by atoms with van der Waals surface area (Å²) < 4.78 is 64.3. The molecule has 0 amide bonds. The van der Waals surface area contributed by atoms with Gasteiger partial charge >= 0.3 is 6.18 Å². The van der Waals surface area contributed by atoms with Crippen LogP contribution in [-0.2, 0) is 22.0 Å². The van der Waals surface area contributed by atoms with E-state index >= 15 is 0 Å². The van der Waals surface area contributed by atoms with E-state index in [0.29, 0.717) is 0 Å². The van der Waals surface area contributed by atoms with Crippen LogP contribution >= 0.6 is 0 Å². The lowest BCUT2D eigenvalue weighted by molar-refractivity contribution is -0.138. The van der Waals surface area contributed by atoms with Gasteiger partial charge in [0.2, 0.25) is 10.0 Å². The van der Waals surface area contributed by atoms with Crippen molar-refractivity contribution in [1.82, 2.24) is 4.98 Å². The Labute approximate surface area is 123 Å². The van der Waals surface area contributed by atoms with Crippen molar-refractivity contribution in [1.29, 1.82) is 0 Å². The molecule has 0 aliphatic carbocycles. The van der Waals surface area contributed by atoms with Gasteiger partial charge in [0.05, 0.1) is 11.3 Å². The third-order valence-electron chi connectivity index (χ3n) is 2.68. The van der Waals surface area contributed by atoms with E-state index in [1.165, 1.54) is 24.4 Å². The SMILES string of the molecule is O=c1[nH]cc[c]c1NS(=O)(=O)Cc1ccccc1C(F)(F)F. The van der Waals surface area contributed by atoms with Crippen LogP contribution in [0.3, 0.4) is 0 Å². The van der Waals surface area contributed by atoms with Crippen LogP contribution in [0, 0.1) is 6.07 Å². The normalized spacial score (nSPS) is 12.1. The molecule has 5 nitrogen and oxygen atoms in total. The fraction of sp³-hybridized carbons (Fsp3) is 0.154. The van der Waals surface area contributed by atoms with E-state index in [1.54, 1.807) is 0 Å². The molecule has 1 radical (unpaired) electrons. The predicted molar refractivity (Wildman–Crippen MR) is 73.6 cm³/mol. The number of hydrogen-bond donors (Lipinski definition) is 2. The van der Waals surface area contributed by atoms with Crippen molar-refractivity contribution in [3.63, 3.8) is 0 Å². The third kappa shape index (κ3) is 3.88. The zero-order chi connectivity index (χ0) is 16.4. The zero-order valence-electron chi connectivity index (χ0n) is 10.9. The minimum absolute atomic E-state index is 0.382. The van der Waals surface area contributed by atoms with Gasteiger partial charge in [0.1, 0.15) is 5.69 Å². The van der Waals surface area contributed by atoms with Gasteiger partial charge in [-0.2, -0.15) is 13.2 Å². The van der Waals surface area contributed by atoms with E-state index in [0.717, 1.165) is 12.1 Å². The summed E-state index contributed by atoms with van der Waals surface area (Å²) in [6, 6.07) is 7.98. The highest BCUT2D eigenvalue weighted by Crippen LogP contribution is 2.32. The van der Waals surface area contributed by atoms with Crippen molar-refractivity contribution >= 4 is 15.7 Å². The molecule has 0 saturated heterocycles. The maximum atomic E-state index is 12.8. The first-order chi connectivity index (χ1) is 10.2. The Kier molecular flexibility index (Phi) is 4.27. The van der Waals surface area contributed by atoms with Gasteiger partial charge in [0.25, 0.3) is 5.56 Å². The largest absolute Gasteiger partial charge is 0.416 e. The molecule has 1 aromatic carbocycles. The second-order valence-electron chi connectivity index (χ2n) is 4.34. The number of aromatic amines is 1. The van der Waals surface area contributed by atoms with Gasteiger partial charge in [-0.05, 0) is 17.7 Å². The molecule has 0 aliphatic heterocycles. The Morgan fingerprint density at radius 3 is 2.55 bits per heavy atom. The van der Waals surface area contributed by atoms with Gasteiger partial charge in [-0.3, -0.25) is 9.52 Å². The van der Waals surface area contributed by atoms with E-state index in [9.17, 15) is 26.4 Å². The lowest BCUT2D eigenvalue weighted by Crippen LogP contribution is -2.22. The van der Waals surface area contributed by atoms with Gasteiger partial charge in [-0.25, -0.2) is 8.42 Å². The molecule has 9 heteroatoms. The summed E-state index contributed by atoms with van der Waals surface area (Å²) >= 11 is 0. The van der Waals surface area contributed by atoms with Gasteiger partial charge in [-0.1, -0.05) is 18.2 Å². The number of alkyl halides is 3. The molecular weight excluding hydrogens is 321 g/mol. The molecule has 0 atom stereocenters. The molecule has 1 aromatic heterocycles. The molecule has 0 unspecified atom stereocenters. The average Bonchev–Trinajstić information content (AvgIpc) is 2.40. The number of pyridine rings is 1. The number of anilines is 1. The van der Waals surface area contributed by atoms with E-state index in [1.807, 2.05) is 4.72 Å². The summed E-state index contributed by atoms with van der Waals surface area (Å²) in [5, 5.41) is 0. The standard InChI is InChI=1S/C13H10F3N2O3S/c14-13(15,16)10-5-2-1-4-9(10)8-22(20,21)18-11-6-3-7-17-12(11)19/h1-5,7,18H,8H2,(H,17,19). The Morgan fingerprint density at radius 2 is 1.91 bits per heavy atom. The number of H-pyrrole nitrogens is 1.